The van der Waals surface area contributed by atoms with E-state index >= 15 is 0 Å². The van der Waals surface area contributed by atoms with E-state index in [1.165, 1.54) is 5.56 Å². The third-order valence-electron chi connectivity index (χ3n) is 1.70. The molecule has 0 bridgehead atoms. The lowest BCUT2D eigenvalue weighted by molar-refractivity contribution is 0.411. The zero-order chi connectivity index (χ0) is 9.68. The maximum Gasteiger partial charge on any atom is 0.122 e. The number of rotatable bonds is 4. The number of methoxy groups -OCH3 is 1. The molecule has 0 N–H and O–H groups in total. The summed E-state index contributed by atoms with van der Waals surface area (Å²) < 4.78 is 5.23. The molecule has 0 radical (unpaired) electrons. The minimum Gasteiger partial charge on any atom is -0.496 e. The summed E-state index contributed by atoms with van der Waals surface area (Å²) in [6, 6.07) is 5.72. The van der Waals surface area contributed by atoms with Gasteiger partial charge in [0, 0.05) is 16.3 Å². The SMILES string of the molecule is CCSCc1cc(Cl)ccc1OC. The maximum absolute atomic E-state index is 5.89. The number of hydrogen-bond donors (Lipinski definition) is 0. The Morgan fingerprint density at radius 2 is 2.23 bits per heavy atom. The number of thioether (sulfide) groups is 1. The van der Waals surface area contributed by atoms with E-state index in [1.54, 1.807) is 7.11 Å². The first kappa shape index (κ1) is 10.7. The van der Waals surface area contributed by atoms with Crippen molar-refractivity contribution in [2.75, 3.05) is 12.9 Å². The molecule has 13 heavy (non-hydrogen) atoms. The van der Waals surface area contributed by atoms with Crippen LogP contribution < -0.4 is 4.74 Å². The summed E-state index contributed by atoms with van der Waals surface area (Å²) in [6.45, 7) is 2.14. The van der Waals surface area contributed by atoms with Crippen LogP contribution in [0.5, 0.6) is 5.75 Å². The zero-order valence-corrected chi connectivity index (χ0v) is 9.41. The van der Waals surface area contributed by atoms with E-state index in [0.717, 1.165) is 22.3 Å². The molecule has 0 aliphatic carbocycles. The fraction of sp³-hybridized carbons (Fsp3) is 0.400. The molecule has 0 heterocycles. The molecule has 0 aliphatic rings. The van der Waals surface area contributed by atoms with Gasteiger partial charge in [0.1, 0.15) is 5.75 Å². The number of benzene rings is 1. The van der Waals surface area contributed by atoms with Gasteiger partial charge in [0.2, 0.25) is 0 Å². The summed E-state index contributed by atoms with van der Waals surface area (Å²) in [6.07, 6.45) is 0. The van der Waals surface area contributed by atoms with Crippen molar-refractivity contribution in [3.8, 4) is 5.75 Å². The molecular formula is C10H13ClOS. The highest BCUT2D eigenvalue weighted by Gasteiger charge is 2.02. The van der Waals surface area contributed by atoms with Crippen molar-refractivity contribution < 1.29 is 4.74 Å². The second-order valence-electron chi connectivity index (χ2n) is 2.59. The van der Waals surface area contributed by atoms with Crippen molar-refractivity contribution in [3.63, 3.8) is 0 Å². The van der Waals surface area contributed by atoms with Gasteiger partial charge >= 0.3 is 0 Å². The largest absolute Gasteiger partial charge is 0.496 e. The fourth-order valence-electron chi connectivity index (χ4n) is 1.07. The first-order valence-electron chi connectivity index (χ1n) is 4.18. The molecule has 0 unspecified atom stereocenters. The Morgan fingerprint density at radius 3 is 2.85 bits per heavy atom. The van der Waals surface area contributed by atoms with Gasteiger partial charge in [-0.25, -0.2) is 0 Å². The van der Waals surface area contributed by atoms with E-state index in [0.29, 0.717) is 0 Å². The topological polar surface area (TPSA) is 9.23 Å². The highest BCUT2D eigenvalue weighted by molar-refractivity contribution is 7.98. The van der Waals surface area contributed by atoms with Crippen LogP contribution >= 0.6 is 23.4 Å². The second-order valence-corrected chi connectivity index (χ2v) is 4.30. The number of ether oxygens (including phenoxy) is 1. The van der Waals surface area contributed by atoms with Gasteiger partial charge in [0.05, 0.1) is 7.11 Å². The third kappa shape index (κ3) is 3.12. The van der Waals surface area contributed by atoms with E-state index < -0.39 is 0 Å². The molecule has 0 saturated carbocycles. The molecule has 1 nitrogen and oxygen atoms in total. The van der Waals surface area contributed by atoms with Crippen LogP contribution in [0.1, 0.15) is 12.5 Å². The molecule has 1 rings (SSSR count). The van der Waals surface area contributed by atoms with Crippen LogP contribution in [0.4, 0.5) is 0 Å². The summed E-state index contributed by atoms with van der Waals surface area (Å²) >= 11 is 7.75. The molecule has 1 aromatic rings. The Morgan fingerprint density at radius 1 is 1.46 bits per heavy atom. The van der Waals surface area contributed by atoms with E-state index in [1.807, 2.05) is 30.0 Å². The van der Waals surface area contributed by atoms with E-state index in [9.17, 15) is 0 Å². The van der Waals surface area contributed by atoms with Crippen LogP contribution in [0.15, 0.2) is 18.2 Å². The lowest BCUT2D eigenvalue weighted by Gasteiger charge is -2.07. The van der Waals surface area contributed by atoms with E-state index in [-0.39, 0.29) is 0 Å². The molecule has 0 aromatic heterocycles. The standard InChI is InChI=1S/C10H13ClOS/c1-3-13-7-8-6-9(11)4-5-10(8)12-2/h4-6H,3,7H2,1-2H3. The quantitative estimate of drug-likeness (QED) is 0.761. The Hall–Kier alpha value is -0.340. The number of hydrogen-bond acceptors (Lipinski definition) is 2. The van der Waals surface area contributed by atoms with Crippen LogP contribution in [0.2, 0.25) is 5.02 Å². The number of halogens is 1. The minimum absolute atomic E-state index is 0.771. The van der Waals surface area contributed by atoms with Gasteiger partial charge in [0.25, 0.3) is 0 Å². The van der Waals surface area contributed by atoms with Gasteiger partial charge in [-0.2, -0.15) is 11.8 Å². The van der Waals surface area contributed by atoms with Crippen LogP contribution in [-0.4, -0.2) is 12.9 Å². The Bertz CT molecular complexity index is 276. The summed E-state index contributed by atoms with van der Waals surface area (Å²) in [5.41, 5.74) is 1.17. The van der Waals surface area contributed by atoms with Crippen molar-refractivity contribution in [1.29, 1.82) is 0 Å². The molecule has 3 heteroatoms. The van der Waals surface area contributed by atoms with Crippen molar-refractivity contribution in [3.05, 3.63) is 28.8 Å². The summed E-state index contributed by atoms with van der Waals surface area (Å²) in [7, 11) is 1.68. The smallest absolute Gasteiger partial charge is 0.122 e. The predicted molar refractivity (Wildman–Crippen MR) is 59.8 cm³/mol. The van der Waals surface area contributed by atoms with E-state index in [4.69, 9.17) is 16.3 Å². The van der Waals surface area contributed by atoms with Gasteiger partial charge in [0.15, 0.2) is 0 Å². The highest BCUT2D eigenvalue weighted by atomic mass is 35.5. The van der Waals surface area contributed by atoms with Gasteiger partial charge in [-0.1, -0.05) is 18.5 Å². The van der Waals surface area contributed by atoms with Gasteiger partial charge in [-0.15, -0.1) is 0 Å². The first-order valence-corrected chi connectivity index (χ1v) is 5.71. The average Bonchev–Trinajstić information content (AvgIpc) is 2.15. The molecule has 0 aliphatic heterocycles. The van der Waals surface area contributed by atoms with Crippen molar-refractivity contribution >= 4 is 23.4 Å². The lowest BCUT2D eigenvalue weighted by atomic mass is 10.2. The molecule has 1 aromatic carbocycles. The summed E-state index contributed by atoms with van der Waals surface area (Å²) in [5, 5.41) is 0.771. The average molecular weight is 217 g/mol. The van der Waals surface area contributed by atoms with Crippen LogP contribution in [0.25, 0.3) is 0 Å². The third-order valence-corrected chi connectivity index (χ3v) is 2.86. The monoisotopic (exact) mass is 216 g/mol. The van der Waals surface area contributed by atoms with Gasteiger partial charge < -0.3 is 4.74 Å². The van der Waals surface area contributed by atoms with E-state index in [2.05, 4.69) is 6.92 Å². The van der Waals surface area contributed by atoms with Crippen molar-refractivity contribution in [1.82, 2.24) is 0 Å². The predicted octanol–water partition coefficient (Wildman–Crippen LogP) is 3.60. The summed E-state index contributed by atoms with van der Waals surface area (Å²) in [5.74, 6) is 2.99. The van der Waals surface area contributed by atoms with Crippen LogP contribution in [0, 0.1) is 0 Å². The Kier molecular flexibility index (Phi) is 4.46. The maximum atomic E-state index is 5.89. The fourth-order valence-corrected chi connectivity index (χ4v) is 1.92. The van der Waals surface area contributed by atoms with Crippen LogP contribution in [0.3, 0.4) is 0 Å². The summed E-state index contributed by atoms with van der Waals surface area (Å²) in [4.78, 5) is 0. The minimum atomic E-state index is 0.771. The van der Waals surface area contributed by atoms with Crippen LogP contribution in [-0.2, 0) is 5.75 Å². The zero-order valence-electron chi connectivity index (χ0n) is 7.84. The normalized spacial score (nSPS) is 10.1. The Labute approximate surface area is 88.4 Å². The van der Waals surface area contributed by atoms with Gasteiger partial charge in [-0.05, 0) is 24.0 Å². The van der Waals surface area contributed by atoms with Gasteiger partial charge in [-0.3, -0.25) is 0 Å². The molecule has 0 amide bonds. The van der Waals surface area contributed by atoms with Crippen molar-refractivity contribution in [2.24, 2.45) is 0 Å². The second kappa shape index (κ2) is 5.40. The molecule has 0 saturated heterocycles. The lowest BCUT2D eigenvalue weighted by Crippen LogP contribution is -1.90. The molecule has 72 valence electrons. The highest BCUT2D eigenvalue weighted by Crippen LogP contribution is 2.26. The first-order chi connectivity index (χ1) is 6.27. The van der Waals surface area contributed by atoms with Crippen molar-refractivity contribution in [2.45, 2.75) is 12.7 Å². The molecule has 0 fully saturated rings. The molecule has 0 spiro atoms. The Balaban J connectivity index is 2.81. The molecular weight excluding hydrogens is 204 g/mol. The molecule has 0 atom stereocenters.